The van der Waals surface area contributed by atoms with Crippen molar-refractivity contribution >= 4 is 23.5 Å². The summed E-state index contributed by atoms with van der Waals surface area (Å²) in [4.78, 5) is 8.51. The number of nitrogens with one attached hydrogen (secondary N) is 1. The van der Waals surface area contributed by atoms with Gasteiger partial charge in [0.1, 0.15) is 17.2 Å². The summed E-state index contributed by atoms with van der Waals surface area (Å²) >= 11 is 6.26. The maximum absolute atomic E-state index is 15.0. The molecule has 3 aromatic rings. The average Bonchev–Trinajstić information content (AvgIpc) is 3.67. The van der Waals surface area contributed by atoms with E-state index in [1.54, 1.807) is 31.4 Å². The smallest absolute Gasteiger partial charge is 0.187 e. The summed E-state index contributed by atoms with van der Waals surface area (Å²) in [5.41, 5.74) is 15.7. The second kappa shape index (κ2) is 16.8. The standard InChI is InChI=1S/C21H23ClF2N2.C12H17FN2O2.C2H5N/c1-12-6-7-13-15(12)10-18(16(11-25-2)21(24)8-9-21)26-20(13)14-4-3-5-17(23)19(14)22;1-8(13)15-6-10-4-9(7-16-2)5-11(17-3)12(10)14;1-2-3/h3-5,10,12,16,25H,6-9,11H2,1-2H3;4-6,8H,7,14H2,1-3H3;2H,1,3H2/b;15-6+;. The number of hydrogen-bond donors (Lipinski definition) is 3. The van der Waals surface area contributed by atoms with Crippen molar-refractivity contribution in [3.05, 3.63) is 88.0 Å². The van der Waals surface area contributed by atoms with Crippen molar-refractivity contribution < 1.29 is 22.6 Å². The van der Waals surface area contributed by atoms with Gasteiger partial charge in [0, 0.05) is 42.6 Å². The fourth-order valence-electron chi connectivity index (χ4n) is 5.56. The molecule has 1 fully saturated rings. The number of anilines is 1. The summed E-state index contributed by atoms with van der Waals surface area (Å²) in [6.45, 7) is 7.64. The number of ether oxygens (including phenoxy) is 2. The number of nitrogen functional groups attached to an aromatic ring is 1. The average molecular weight is 660 g/mol. The first-order valence-corrected chi connectivity index (χ1v) is 15.6. The van der Waals surface area contributed by atoms with Gasteiger partial charge in [-0.2, -0.15) is 0 Å². The topological polar surface area (TPSA) is 108 Å². The minimum Gasteiger partial charge on any atom is -0.495 e. The summed E-state index contributed by atoms with van der Waals surface area (Å²) in [5.74, 6) is 0.180. The highest BCUT2D eigenvalue weighted by molar-refractivity contribution is 6.33. The van der Waals surface area contributed by atoms with Crippen LogP contribution >= 0.6 is 11.6 Å². The predicted molar refractivity (Wildman–Crippen MR) is 182 cm³/mol. The maximum atomic E-state index is 15.0. The number of halogens is 4. The molecule has 5 rings (SSSR count). The van der Waals surface area contributed by atoms with E-state index in [1.165, 1.54) is 38.1 Å². The molecule has 11 heteroatoms. The van der Waals surface area contributed by atoms with Gasteiger partial charge in [-0.05, 0) is 92.7 Å². The van der Waals surface area contributed by atoms with Crippen LogP contribution in [0.3, 0.4) is 0 Å². The number of methoxy groups -OCH3 is 2. The SMILES string of the molecule is C=CN.CNCC(c1cc2c(c(-c3cccc(F)c3Cl)n1)CCC2C)C1(F)CC1.COCc1cc(/C=N/C(C)F)c(N)c(OC)c1. The molecule has 0 saturated heterocycles. The van der Waals surface area contributed by atoms with Gasteiger partial charge in [-0.15, -0.1) is 0 Å². The van der Waals surface area contributed by atoms with Crippen molar-refractivity contribution in [2.24, 2.45) is 10.7 Å². The van der Waals surface area contributed by atoms with Crippen molar-refractivity contribution in [2.45, 2.75) is 69.9 Å². The molecule has 2 aliphatic rings. The second-order valence-electron chi connectivity index (χ2n) is 11.5. The number of alkyl halides is 2. The Balaban J connectivity index is 0.000000250. The molecule has 0 aliphatic heterocycles. The third-order valence-corrected chi connectivity index (χ3v) is 8.43. The molecule has 46 heavy (non-hydrogen) atoms. The van der Waals surface area contributed by atoms with Gasteiger partial charge in [-0.25, -0.2) is 13.2 Å². The van der Waals surface area contributed by atoms with E-state index in [4.69, 9.17) is 31.8 Å². The van der Waals surface area contributed by atoms with Crippen molar-refractivity contribution in [3.63, 3.8) is 0 Å². The van der Waals surface area contributed by atoms with Crippen LogP contribution in [0.4, 0.5) is 18.9 Å². The first-order valence-electron chi connectivity index (χ1n) is 15.2. The molecular weight excluding hydrogens is 615 g/mol. The third kappa shape index (κ3) is 9.02. The molecule has 0 radical (unpaired) electrons. The largest absolute Gasteiger partial charge is 0.495 e. The Hall–Kier alpha value is -3.60. The van der Waals surface area contributed by atoms with Crippen molar-refractivity contribution in [3.8, 4) is 17.0 Å². The number of pyridine rings is 1. The van der Waals surface area contributed by atoms with Crippen molar-refractivity contribution in [1.29, 1.82) is 0 Å². The number of likely N-dealkylation sites (N-methyl/N-ethyl adjacent to an activating group) is 1. The predicted octanol–water partition coefficient (Wildman–Crippen LogP) is 7.64. The van der Waals surface area contributed by atoms with Crippen LogP contribution in [0.25, 0.3) is 11.3 Å². The van der Waals surface area contributed by atoms with Crippen LogP contribution in [0.2, 0.25) is 5.02 Å². The Morgan fingerprint density at radius 1 is 1.26 bits per heavy atom. The number of hydrogen-bond acceptors (Lipinski definition) is 7. The zero-order chi connectivity index (χ0) is 34.0. The summed E-state index contributed by atoms with van der Waals surface area (Å²) < 4.78 is 51.9. The van der Waals surface area contributed by atoms with Crippen LogP contribution in [0.1, 0.15) is 72.9 Å². The molecule has 0 bridgehead atoms. The molecule has 3 unspecified atom stereocenters. The zero-order valence-electron chi connectivity index (χ0n) is 27.2. The summed E-state index contributed by atoms with van der Waals surface area (Å²) in [7, 11) is 4.96. The number of aromatic nitrogens is 1. The van der Waals surface area contributed by atoms with E-state index in [2.05, 4.69) is 35.6 Å². The van der Waals surface area contributed by atoms with Crippen LogP contribution in [0.5, 0.6) is 5.75 Å². The van der Waals surface area contributed by atoms with Gasteiger partial charge < -0.3 is 26.3 Å². The van der Waals surface area contributed by atoms with Gasteiger partial charge in [0.05, 0.1) is 30.1 Å². The number of fused-ring (bicyclic) bond motifs is 1. The Morgan fingerprint density at radius 3 is 2.54 bits per heavy atom. The molecule has 250 valence electrons. The van der Waals surface area contributed by atoms with E-state index in [0.29, 0.717) is 54.5 Å². The highest BCUT2D eigenvalue weighted by atomic mass is 35.5. The number of benzene rings is 2. The van der Waals surface area contributed by atoms with E-state index < -0.39 is 17.8 Å². The molecule has 1 aromatic heterocycles. The van der Waals surface area contributed by atoms with Gasteiger partial charge in [-0.1, -0.05) is 37.2 Å². The van der Waals surface area contributed by atoms with Gasteiger partial charge >= 0.3 is 0 Å². The Morgan fingerprint density at radius 2 is 1.96 bits per heavy atom. The lowest BCUT2D eigenvalue weighted by molar-refractivity contribution is 0.184. The van der Waals surface area contributed by atoms with Crippen molar-refractivity contribution in [1.82, 2.24) is 10.3 Å². The van der Waals surface area contributed by atoms with Crippen molar-refractivity contribution in [2.75, 3.05) is 33.5 Å². The quantitative estimate of drug-likeness (QED) is 0.117. The Bertz CT molecular complexity index is 1510. The highest BCUT2D eigenvalue weighted by Gasteiger charge is 2.51. The third-order valence-electron chi connectivity index (χ3n) is 8.04. The molecule has 2 aromatic carbocycles. The minimum absolute atomic E-state index is 0.0884. The summed E-state index contributed by atoms with van der Waals surface area (Å²) in [6.07, 6.45) is 4.46. The molecule has 0 spiro atoms. The summed E-state index contributed by atoms with van der Waals surface area (Å²) in [5, 5.41) is 3.19. The monoisotopic (exact) mass is 659 g/mol. The fourth-order valence-corrected chi connectivity index (χ4v) is 5.78. The first-order chi connectivity index (χ1) is 21.9. The second-order valence-corrected chi connectivity index (χ2v) is 11.8. The van der Waals surface area contributed by atoms with Crippen LogP contribution in [0, 0.1) is 5.82 Å². The van der Waals surface area contributed by atoms with Crippen LogP contribution in [-0.2, 0) is 17.8 Å². The number of aliphatic imine (C=N–C) groups is 1. The number of nitrogens with zero attached hydrogens (tertiary/aromatic N) is 2. The van der Waals surface area contributed by atoms with E-state index >= 15 is 0 Å². The van der Waals surface area contributed by atoms with E-state index in [0.717, 1.165) is 35.4 Å². The molecule has 1 saturated carbocycles. The highest BCUT2D eigenvalue weighted by Crippen LogP contribution is 2.51. The molecule has 1 heterocycles. The first kappa shape index (κ1) is 36.9. The summed E-state index contributed by atoms with van der Waals surface area (Å²) in [6, 6.07) is 10.5. The van der Waals surface area contributed by atoms with E-state index in [1.807, 2.05) is 7.05 Å². The van der Waals surface area contributed by atoms with E-state index in [9.17, 15) is 13.2 Å². The number of nitrogens with two attached hydrogens (primary N) is 2. The van der Waals surface area contributed by atoms with Crippen LogP contribution in [0.15, 0.2) is 54.2 Å². The lowest BCUT2D eigenvalue weighted by atomic mass is 9.91. The van der Waals surface area contributed by atoms with Gasteiger partial charge in [0.25, 0.3) is 0 Å². The number of rotatable bonds is 10. The molecule has 5 N–H and O–H groups in total. The lowest BCUT2D eigenvalue weighted by Crippen LogP contribution is -2.27. The van der Waals surface area contributed by atoms with Gasteiger partial charge in [-0.3, -0.25) is 9.98 Å². The minimum atomic E-state index is -1.26. The molecule has 7 nitrogen and oxygen atoms in total. The Kier molecular flexibility index (Phi) is 13.5. The van der Waals surface area contributed by atoms with E-state index in [-0.39, 0.29) is 10.9 Å². The lowest BCUT2D eigenvalue weighted by Gasteiger charge is -2.23. The van der Waals surface area contributed by atoms with Gasteiger partial charge in [0.15, 0.2) is 6.30 Å². The van der Waals surface area contributed by atoms with Crippen LogP contribution in [-0.4, -0.2) is 51.0 Å². The zero-order valence-corrected chi connectivity index (χ0v) is 27.9. The fraction of sp³-hybridized carbons (Fsp3) is 0.429. The Labute approximate surface area is 275 Å². The molecule has 2 aliphatic carbocycles. The molecule has 3 atom stereocenters. The maximum Gasteiger partial charge on any atom is 0.187 e. The van der Waals surface area contributed by atoms with Crippen LogP contribution < -0.4 is 21.5 Å². The van der Waals surface area contributed by atoms with Gasteiger partial charge in [0.2, 0.25) is 0 Å². The normalized spacial score (nSPS) is 17.2. The molecular formula is C35H45ClF3N5O2. The molecule has 0 amide bonds.